The molecule has 104 valence electrons. The Morgan fingerprint density at radius 3 is 2.47 bits per heavy atom. The van der Waals surface area contributed by atoms with Crippen LogP contribution in [0.1, 0.15) is 19.3 Å². The molecule has 2 rings (SSSR count). The number of benzene rings is 1. The van der Waals surface area contributed by atoms with Crippen molar-refractivity contribution in [3.63, 3.8) is 0 Å². The van der Waals surface area contributed by atoms with Crippen molar-refractivity contribution in [1.29, 1.82) is 0 Å². The van der Waals surface area contributed by atoms with Gasteiger partial charge in [0.15, 0.2) is 0 Å². The molecule has 1 heterocycles. The first-order valence-corrected chi connectivity index (χ1v) is 5.95. The van der Waals surface area contributed by atoms with Gasteiger partial charge in [0.1, 0.15) is 0 Å². The van der Waals surface area contributed by atoms with E-state index in [-0.39, 0.29) is 5.69 Å². The average molecular weight is 274 g/mol. The predicted molar refractivity (Wildman–Crippen MR) is 64.1 cm³/mol. The number of rotatable bonds is 3. The van der Waals surface area contributed by atoms with Gasteiger partial charge in [-0.15, -0.1) is 0 Å². The number of nitro groups is 1. The second-order valence-corrected chi connectivity index (χ2v) is 4.58. The number of hydrogen-bond acceptors (Lipinski definition) is 3. The Morgan fingerprint density at radius 2 is 1.95 bits per heavy atom. The van der Waals surface area contributed by atoms with Gasteiger partial charge < -0.3 is 4.90 Å². The standard InChI is InChI=1S/C12H13F3N2O2/c13-12(14,15)8-11-2-1-7-16(11)9-3-5-10(6-4-9)17(18)19/h3-6,11H,1-2,7-8H2/t11-/m1/s1. The van der Waals surface area contributed by atoms with E-state index in [1.165, 1.54) is 24.3 Å². The summed E-state index contributed by atoms with van der Waals surface area (Å²) in [6, 6.07) is 5.08. The molecule has 1 aliphatic heterocycles. The molecule has 0 saturated carbocycles. The zero-order chi connectivity index (χ0) is 14.0. The van der Waals surface area contributed by atoms with Crippen LogP contribution in [0.25, 0.3) is 0 Å². The number of anilines is 1. The highest BCUT2D eigenvalue weighted by molar-refractivity contribution is 5.52. The molecule has 0 amide bonds. The lowest BCUT2D eigenvalue weighted by atomic mass is 10.1. The quantitative estimate of drug-likeness (QED) is 0.626. The van der Waals surface area contributed by atoms with Crippen LogP contribution in [0.3, 0.4) is 0 Å². The summed E-state index contributed by atoms with van der Waals surface area (Å²) in [4.78, 5) is 11.7. The molecule has 19 heavy (non-hydrogen) atoms. The normalized spacial score (nSPS) is 19.7. The van der Waals surface area contributed by atoms with Crippen molar-refractivity contribution in [3.8, 4) is 0 Å². The smallest absolute Gasteiger partial charge is 0.368 e. The van der Waals surface area contributed by atoms with Gasteiger partial charge in [0, 0.05) is 30.4 Å². The summed E-state index contributed by atoms with van der Waals surface area (Å²) < 4.78 is 37.4. The maximum absolute atomic E-state index is 12.5. The van der Waals surface area contributed by atoms with Crippen molar-refractivity contribution in [3.05, 3.63) is 34.4 Å². The van der Waals surface area contributed by atoms with Crippen LogP contribution in [0.2, 0.25) is 0 Å². The molecular formula is C12H13F3N2O2. The van der Waals surface area contributed by atoms with Gasteiger partial charge in [0.2, 0.25) is 0 Å². The second kappa shape index (κ2) is 5.07. The van der Waals surface area contributed by atoms with E-state index < -0.39 is 23.6 Å². The van der Waals surface area contributed by atoms with Crippen LogP contribution in [-0.4, -0.2) is 23.7 Å². The number of alkyl halides is 3. The Balaban J connectivity index is 2.13. The van der Waals surface area contributed by atoms with Gasteiger partial charge in [0.25, 0.3) is 5.69 Å². The van der Waals surface area contributed by atoms with Gasteiger partial charge in [0.05, 0.1) is 11.3 Å². The molecule has 7 heteroatoms. The van der Waals surface area contributed by atoms with Crippen molar-refractivity contribution in [2.75, 3.05) is 11.4 Å². The molecule has 0 spiro atoms. The summed E-state index contributed by atoms with van der Waals surface area (Å²) in [6.45, 7) is 0.554. The molecule has 1 saturated heterocycles. The highest BCUT2D eigenvalue weighted by Crippen LogP contribution is 2.33. The molecule has 0 aromatic heterocycles. The molecule has 1 aromatic rings. The van der Waals surface area contributed by atoms with E-state index in [2.05, 4.69) is 0 Å². The minimum atomic E-state index is -4.19. The van der Waals surface area contributed by atoms with E-state index >= 15 is 0 Å². The summed E-state index contributed by atoms with van der Waals surface area (Å²) in [5.41, 5.74) is 0.549. The van der Waals surface area contributed by atoms with Crippen molar-refractivity contribution in [2.24, 2.45) is 0 Å². The van der Waals surface area contributed by atoms with Crippen LogP contribution in [0.15, 0.2) is 24.3 Å². The monoisotopic (exact) mass is 274 g/mol. The minimum Gasteiger partial charge on any atom is -0.368 e. The summed E-state index contributed by atoms with van der Waals surface area (Å²) >= 11 is 0. The van der Waals surface area contributed by atoms with Crippen LogP contribution >= 0.6 is 0 Å². The SMILES string of the molecule is O=[N+]([O-])c1ccc(N2CCC[C@@H]2CC(F)(F)F)cc1. The van der Waals surface area contributed by atoms with Crippen molar-refractivity contribution in [1.82, 2.24) is 0 Å². The van der Waals surface area contributed by atoms with Gasteiger partial charge in [-0.25, -0.2) is 0 Å². The number of nitrogens with zero attached hydrogens (tertiary/aromatic N) is 2. The number of non-ortho nitro benzene ring substituents is 1. The topological polar surface area (TPSA) is 46.4 Å². The van der Waals surface area contributed by atoms with E-state index in [4.69, 9.17) is 0 Å². The van der Waals surface area contributed by atoms with Gasteiger partial charge in [-0.3, -0.25) is 10.1 Å². The molecule has 4 nitrogen and oxygen atoms in total. The maximum Gasteiger partial charge on any atom is 0.391 e. The Labute approximate surface area is 108 Å². The van der Waals surface area contributed by atoms with E-state index in [0.29, 0.717) is 25.1 Å². The van der Waals surface area contributed by atoms with Crippen molar-refractivity contribution < 1.29 is 18.1 Å². The van der Waals surface area contributed by atoms with E-state index in [0.717, 1.165) is 0 Å². The average Bonchev–Trinajstić information content (AvgIpc) is 2.75. The molecule has 1 atom stereocenters. The van der Waals surface area contributed by atoms with Crippen LogP contribution in [0.5, 0.6) is 0 Å². The van der Waals surface area contributed by atoms with E-state index in [9.17, 15) is 23.3 Å². The summed E-state index contributed by atoms with van der Waals surface area (Å²) in [5.74, 6) is 0. The molecule has 0 N–H and O–H groups in total. The number of hydrogen-bond donors (Lipinski definition) is 0. The zero-order valence-electron chi connectivity index (χ0n) is 10.1. The lowest BCUT2D eigenvalue weighted by Gasteiger charge is -2.27. The lowest BCUT2D eigenvalue weighted by molar-refractivity contribution is -0.384. The summed E-state index contributed by atoms with van der Waals surface area (Å²) in [5, 5.41) is 10.5. The second-order valence-electron chi connectivity index (χ2n) is 4.58. The lowest BCUT2D eigenvalue weighted by Crippen LogP contribution is -2.33. The highest BCUT2D eigenvalue weighted by Gasteiger charge is 2.37. The summed E-state index contributed by atoms with van der Waals surface area (Å²) in [7, 11) is 0. The van der Waals surface area contributed by atoms with Crippen LogP contribution < -0.4 is 4.90 Å². The van der Waals surface area contributed by atoms with Crippen LogP contribution in [0, 0.1) is 10.1 Å². The minimum absolute atomic E-state index is 0.0599. The van der Waals surface area contributed by atoms with E-state index in [1.807, 2.05) is 0 Å². The third kappa shape index (κ3) is 3.36. The summed E-state index contributed by atoms with van der Waals surface area (Å²) in [6.07, 6.45) is -3.83. The first-order chi connectivity index (χ1) is 8.87. The molecule has 0 bridgehead atoms. The van der Waals surface area contributed by atoms with Gasteiger partial charge >= 0.3 is 6.18 Å². The highest BCUT2D eigenvalue weighted by atomic mass is 19.4. The number of nitro benzene ring substituents is 1. The van der Waals surface area contributed by atoms with Crippen molar-refractivity contribution in [2.45, 2.75) is 31.5 Å². The fourth-order valence-electron chi connectivity index (χ4n) is 2.42. The molecule has 0 radical (unpaired) electrons. The Kier molecular flexibility index (Phi) is 3.64. The van der Waals surface area contributed by atoms with Gasteiger partial charge in [-0.05, 0) is 25.0 Å². The van der Waals surface area contributed by atoms with Crippen LogP contribution in [-0.2, 0) is 0 Å². The molecule has 0 aliphatic carbocycles. The Hall–Kier alpha value is -1.79. The maximum atomic E-state index is 12.5. The van der Waals surface area contributed by atoms with Gasteiger partial charge in [-0.1, -0.05) is 0 Å². The molecule has 1 aliphatic rings. The first kappa shape index (κ1) is 13.6. The largest absolute Gasteiger partial charge is 0.391 e. The first-order valence-electron chi connectivity index (χ1n) is 5.95. The van der Waals surface area contributed by atoms with Gasteiger partial charge in [-0.2, -0.15) is 13.2 Å². The van der Waals surface area contributed by atoms with Crippen LogP contribution in [0.4, 0.5) is 24.5 Å². The number of halogens is 3. The predicted octanol–water partition coefficient (Wildman–Crippen LogP) is 3.52. The third-order valence-corrected chi connectivity index (χ3v) is 3.24. The molecule has 1 fully saturated rings. The molecule has 0 unspecified atom stereocenters. The Morgan fingerprint density at radius 1 is 1.32 bits per heavy atom. The fraction of sp³-hybridized carbons (Fsp3) is 0.500. The zero-order valence-corrected chi connectivity index (χ0v) is 10.1. The molecular weight excluding hydrogens is 261 g/mol. The molecule has 1 aromatic carbocycles. The van der Waals surface area contributed by atoms with E-state index in [1.54, 1.807) is 4.90 Å². The van der Waals surface area contributed by atoms with Crippen molar-refractivity contribution >= 4 is 11.4 Å². The fourth-order valence-corrected chi connectivity index (χ4v) is 2.42. The Bertz CT molecular complexity index is 459. The third-order valence-electron chi connectivity index (χ3n) is 3.24.